The van der Waals surface area contributed by atoms with Gasteiger partial charge in [0.1, 0.15) is 11.4 Å². The van der Waals surface area contributed by atoms with Crippen molar-refractivity contribution in [2.75, 3.05) is 13.1 Å². The van der Waals surface area contributed by atoms with E-state index in [2.05, 4.69) is 5.32 Å². The number of nitrogens with one attached hydrogen (secondary N) is 1. The van der Waals surface area contributed by atoms with Gasteiger partial charge in [-0.2, -0.15) is 0 Å². The Labute approximate surface area is 138 Å². The minimum Gasteiger partial charge on any atom is -0.444 e. The minimum absolute atomic E-state index is 0.0868. The maximum absolute atomic E-state index is 13.3. The number of likely N-dealkylation sites (tertiary alicyclic amines) is 1. The average molecular weight is 322 g/mol. The zero-order valence-electron chi connectivity index (χ0n) is 14.4. The Bertz CT molecular complexity index is 534. The van der Waals surface area contributed by atoms with Gasteiger partial charge in [-0.15, -0.1) is 0 Å². The summed E-state index contributed by atoms with van der Waals surface area (Å²) in [6.45, 7) is 9.03. The number of hydrogen-bond donors (Lipinski definition) is 1. The Morgan fingerprint density at radius 1 is 1.35 bits per heavy atom. The van der Waals surface area contributed by atoms with E-state index in [0.29, 0.717) is 19.1 Å². The van der Waals surface area contributed by atoms with Crippen LogP contribution in [-0.4, -0.2) is 35.7 Å². The zero-order chi connectivity index (χ0) is 17.0. The van der Waals surface area contributed by atoms with E-state index in [1.165, 1.54) is 6.07 Å². The van der Waals surface area contributed by atoms with Crippen molar-refractivity contribution in [1.82, 2.24) is 10.2 Å². The van der Waals surface area contributed by atoms with Crippen LogP contribution in [-0.2, 0) is 4.74 Å². The summed E-state index contributed by atoms with van der Waals surface area (Å²) < 4.78 is 18.7. The first-order valence-corrected chi connectivity index (χ1v) is 8.24. The lowest BCUT2D eigenvalue weighted by Gasteiger charge is -2.35. The van der Waals surface area contributed by atoms with E-state index in [-0.39, 0.29) is 18.0 Å². The standard InChI is InChI=1S/C18H27FN2O2/c1-13(14-6-5-7-15(19)12-14)20-16-8-10-21(11-9-16)17(22)23-18(2,3)4/h5-7,12-13,16,20H,8-11H2,1-4H3/t13-/m0/s1. The van der Waals surface area contributed by atoms with Crippen LogP contribution in [0, 0.1) is 5.82 Å². The second kappa shape index (κ2) is 7.30. The molecule has 1 heterocycles. The SMILES string of the molecule is C[C@H](NC1CCN(C(=O)OC(C)(C)C)CC1)c1cccc(F)c1. The molecule has 4 nitrogen and oxygen atoms in total. The lowest BCUT2D eigenvalue weighted by atomic mass is 10.0. The summed E-state index contributed by atoms with van der Waals surface area (Å²) in [4.78, 5) is 13.8. The largest absolute Gasteiger partial charge is 0.444 e. The molecule has 0 radical (unpaired) electrons. The Morgan fingerprint density at radius 2 is 2.00 bits per heavy atom. The highest BCUT2D eigenvalue weighted by Crippen LogP contribution is 2.19. The normalized spacial score (nSPS) is 17.9. The molecule has 0 unspecified atom stereocenters. The summed E-state index contributed by atoms with van der Waals surface area (Å²) in [7, 11) is 0. The monoisotopic (exact) mass is 322 g/mol. The Morgan fingerprint density at radius 3 is 2.57 bits per heavy atom. The molecule has 2 rings (SSSR count). The van der Waals surface area contributed by atoms with Crippen LogP contribution in [0.25, 0.3) is 0 Å². The molecule has 0 aromatic heterocycles. The number of piperidine rings is 1. The summed E-state index contributed by atoms with van der Waals surface area (Å²) in [6, 6.07) is 7.09. The second-order valence-corrected chi connectivity index (χ2v) is 7.19. The molecule has 23 heavy (non-hydrogen) atoms. The predicted octanol–water partition coefficient (Wildman–Crippen LogP) is 3.88. The Balaban J connectivity index is 1.81. The fourth-order valence-electron chi connectivity index (χ4n) is 2.78. The van der Waals surface area contributed by atoms with Crippen LogP contribution in [0.4, 0.5) is 9.18 Å². The zero-order valence-corrected chi connectivity index (χ0v) is 14.4. The van der Waals surface area contributed by atoms with Gasteiger partial charge < -0.3 is 15.0 Å². The molecule has 1 saturated heterocycles. The summed E-state index contributed by atoms with van der Waals surface area (Å²) in [5.41, 5.74) is 0.484. The van der Waals surface area contributed by atoms with E-state index in [0.717, 1.165) is 18.4 Å². The first kappa shape index (κ1) is 17.7. The van der Waals surface area contributed by atoms with Crippen molar-refractivity contribution in [1.29, 1.82) is 0 Å². The van der Waals surface area contributed by atoms with Gasteiger partial charge in [-0.3, -0.25) is 0 Å². The quantitative estimate of drug-likeness (QED) is 0.918. The van der Waals surface area contributed by atoms with Crippen LogP contribution >= 0.6 is 0 Å². The van der Waals surface area contributed by atoms with E-state index in [9.17, 15) is 9.18 Å². The summed E-state index contributed by atoms with van der Waals surface area (Å²) >= 11 is 0. The van der Waals surface area contributed by atoms with Gasteiger partial charge in [0, 0.05) is 25.2 Å². The fourth-order valence-corrected chi connectivity index (χ4v) is 2.78. The highest BCUT2D eigenvalue weighted by atomic mass is 19.1. The maximum atomic E-state index is 13.3. The highest BCUT2D eigenvalue weighted by Gasteiger charge is 2.27. The van der Waals surface area contributed by atoms with Crippen LogP contribution in [0.3, 0.4) is 0 Å². The van der Waals surface area contributed by atoms with Gasteiger partial charge in [0.15, 0.2) is 0 Å². The Kier molecular flexibility index (Phi) is 5.63. The van der Waals surface area contributed by atoms with Crippen molar-refractivity contribution in [3.05, 3.63) is 35.6 Å². The molecule has 128 valence electrons. The predicted molar refractivity (Wildman–Crippen MR) is 88.8 cm³/mol. The lowest BCUT2D eigenvalue weighted by Crippen LogP contribution is -2.46. The molecular weight excluding hydrogens is 295 g/mol. The number of halogens is 1. The number of carbonyl (C=O) groups excluding carboxylic acids is 1. The van der Waals surface area contributed by atoms with E-state index in [4.69, 9.17) is 4.74 Å². The molecule has 1 atom stereocenters. The molecular formula is C18H27FN2O2. The first-order chi connectivity index (χ1) is 10.7. The van der Waals surface area contributed by atoms with E-state index in [1.807, 2.05) is 33.8 Å². The molecule has 1 fully saturated rings. The Hall–Kier alpha value is -1.62. The summed E-state index contributed by atoms with van der Waals surface area (Å²) in [5.74, 6) is -0.212. The maximum Gasteiger partial charge on any atom is 0.410 e. The van der Waals surface area contributed by atoms with Crippen molar-refractivity contribution >= 4 is 6.09 Å². The molecule has 1 aromatic carbocycles. The van der Waals surface area contributed by atoms with E-state index >= 15 is 0 Å². The summed E-state index contributed by atoms with van der Waals surface area (Å²) in [5, 5.41) is 3.52. The third kappa shape index (κ3) is 5.50. The molecule has 0 saturated carbocycles. The van der Waals surface area contributed by atoms with Crippen LogP contribution in [0.5, 0.6) is 0 Å². The van der Waals surface area contributed by atoms with Crippen molar-refractivity contribution < 1.29 is 13.9 Å². The molecule has 1 amide bonds. The molecule has 0 spiro atoms. The molecule has 1 aliphatic heterocycles. The number of nitrogens with zero attached hydrogens (tertiary/aromatic N) is 1. The van der Waals surface area contributed by atoms with Gasteiger partial charge in [0.25, 0.3) is 0 Å². The number of carbonyl (C=O) groups is 1. The van der Waals surface area contributed by atoms with Crippen LogP contribution < -0.4 is 5.32 Å². The average Bonchev–Trinajstić information content (AvgIpc) is 2.46. The number of benzene rings is 1. The minimum atomic E-state index is -0.460. The van der Waals surface area contributed by atoms with Crippen molar-refractivity contribution in [3.8, 4) is 0 Å². The van der Waals surface area contributed by atoms with Crippen molar-refractivity contribution in [2.45, 2.75) is 58.2 Å². The smallest absolute Gasteiger partial charge is 0.410 e. The molecule has 1 aliphatic rings. The van der Waals surface area contributed by atoms with Crippen LogP contribution in [0.15, 0.2) is 24.3 Å². The molecule has 0 bridgehead atoms. The molecule has 1 aromatic rings. The molecule has 5 heteroatoms. The van der Waals surface area contributed by atoms with Crippen LogP contribution in [0.1, 0.15) is 52.1 Å². The number of amides is 1. The summed E-state index contributed by atoms with van der Waals surface area (Å²) in [6.07, 6.45) is 1.51. The van der Waals surface area contributed by atoms with Gasteiger partial charge in [0.2, 0.25) is 0 Å². The number of rotatable bonds is 3. The topological polar surface area (TPSA) is 41.6 Å². The van der Waals surface area contributed by atoms with Crippen molar-refractivity contribution in [2.24, 2.45) is 0 Å². The van der Waals surface area contributed by atoms with Gasteiger partial charge in [-0.25, -0.2) is 9.18 Å². The van der Waals surface area contributed by atoms with Crippen molar-refractivity contribution in [3.63, 3.8) is 0 Å². The van der Waals surface area contributed by atoms with Crippen LogP contribution in [0.2, 0.25) is 0 Å². The fraction of sp³-hybridized carbons (Fsp3) is 0.611. The van der Waals surface area contributed by atoms with Gasteiger partial charge >= 0.3 is 6.09 Å². The third-order valence-corrected chi connectivity index (χ3v) is 3.98. The second-order valence-electron chi connectivity index (χ2n) is 7.19. The lowest BCUT2D eigenvalue weighted by molar-refractivity contribution is 0.0196. The highest BCUT2D eigenvalue weighted by molar-refractivity contribution is 5.68. The van der Waals surface area contributed by atoms with Gasteiger partial charge in [-0.05, 0) is 58.2 Å². The van der Waals surface area contributed by atoms with E-state index in [1.54, 1.807) is 17.0 Å². The van der Waals surface area contributed by atoms with Gasteiger partial charge in [0.05, 0.1) is 0 Å². The number of ether oxygens (including phenoxy) is 1. The van der Waals surface area contributed by atoms with Gasteiger partial charge in [-0.1, -0.05) is 12.1 Å². The molecule has 1 N–H and O–H groups in total. The molecule has 0 aliphatic carbocycles. The number of hydrogen-bond acceptors (Lipinski definition) is 3. The first-order valence-electron chi connectivity index (χ1n) is 8.24. The third-order valence-electron chi connectivity index (χ3n) is 3.98. The van der Waals surface area contributed by atoms with E-state index < -0.39 is 5.60 Å².